The zero-order valence-corrected chi connectivity index (χ0v) is 12.2. The highest BCUT2D eigenvalue weighted by molar-refractivity contribution is 7.12. The van der Waals surface area contributed by atoms with E-state index < -0.39 is 0 Å². The van der Waals surface area contributed by atoms with Crippen LogP contribution < -0.4 is 16.0 Å². The van der Waals surface area contributed by atoms with Crippen LogP contribution in [0.15, 0.2) is 36.4 Å². The second-order valence-corrected chi connectivity index (χ2v) is 5.75. The summed E-state index contributed by atoms with van der Waals surface area (Å²) in [5.74, 6) is 6.65. The van der Waals surface area contributed by atoms with Gasteiger partial charge in [0.2, 0.25) is 0 Å². The third kappa shape index (κ3) is 3.35. The van der Waals surface area contributed by atoms with Gasteiger partial charge in [-0.3, -0.25) is 5.84 Å². The number of nitrogens with one attached hydrogen (secondary N) is 1. The van der Waals surface area contributed by atoms with Crippen LogP contribution in [-0.4, -0.2) is 6.61 Å². The van der Waals surface area contributed by atoms with E-state index in [-0.39, 0.29) is 6.04 Å². The summed E-state index contributed by atoms with van der Waals surface area (Å²) in [4.78, 5) is 2.48. The lowest BCUT2D eigenvalue weighted by molar-refractivity contribution is 0.312. The van der Waals surface area contributed by atoms with Crippen molar-refractivity contribution in [2.75, 3.05) is 6.61 Å². The molecule has 0 aliphatic heterocycles. The molecule has 0 bridgehead atoms. The molecule has 0 spiro atoms. The van der Waals surface area contributed by atoms with Crippen LogP contribution in [0, 0.1) is 6.92 Å². The molecule has 1 aromatic carbocycles. The Morgan fingerprint density at radius 1 is 1.26 bits per heavy atom. The molecule has 2 aromatic rings. The second kappa shape index (κ2) is 6.70. The van der Waals surface area contributed by atoms with E-state index in [1.165, 1.54) is 9.75 Å². The molecular weight excluding hydrogens is 256 g/mol. The summed E-state index contributed by atoms with van der Waals surface area (Å²) in [5.41, 5.74) is 3.98. The first-order valence-corrected chi connectivity index (χ1v) is 7.32. The third-order valence-corrected chi connectivity index (χ3v) is 3.97. The van der Waals surface area contributed by atoms with E-state index in [0.29, 0.717) is 0 Å². The lowest BCUT2D eigenvalue weighted by atomic mass is 10.0. The molecule has 0 radical (unpaired) electrons. The van der Waals surface area contributed by atoms with Gasteiger partial charge in [-0.15, -0.1) is 11.3 Å². The van der Waals surface area contributed by atoms with Gasteiger partial charge in [0.25, 0.3) is 0 Å². The van der Waals surface area contributed by atoms with Gasteiger partial charge in [0.15, 0.2) is 0 Å². The summed E-state index contributed by atoms with van der Waals surface area (Å²) in [7, 11) is 0. The van der Waals surface area contributed by atoms with Crippen LogP contribution in [0.4, 0.5) is 0 Å². The lowest BCUT2D eigenvalue weighted by Crippen LogP contribution is -2.28. The molecule has 3 N–H and O–H groups in total. The zero-order chi connectivity index (χ0) is 13.7. The number of hydrazine groups is 1. The topological polar surface area (TPSA) is 47.3 Å². The highest BCUT2D eigenvalue weighted by atomic mass is 32.1. The SMILES string of the molecule is CCCOc1ccccc1C(NN)c1ccc(C)s1. The summed E-state index contributed by atoms with van der Waals surface area (Å²) < 4.78 is 5.81. The summed E-state index contributed by atoms with van der Waals surface area (Å²) in [6.45, 7) is 4.92. The molecule has 0 fully saturated rings. The molecule has 1 unspecified atom stereocenters. The maximum absolute atomic E-state index is 5.81. The average Bonchev–Trinajstić information content (AvgIpc) is 2.85. The van der Waals surface area contributed by atoms with Gasteiger partial charge < -0.3 is 4.74 Å². The number of ether oxygens (including phenoxy) is 1. The fourth-order valence-corrected chi connectivity index (χ4v) is 2.95. The van der Waals surface area contributed by atoms with Crippen molar-refractivity contribution in [1.82, 2.24) is 5.43 Å². The normalized spacial score (nSPS) is 12.4. The van der Waals surface area contributed by atoms with E-state index in [9.17, 15) is 0 Å². The minimum absolute atomic E-state index is 0.0215. The number of para-hydroxylation sites is 1. The smallest absolute Gasteiger partial charge is 0.124 e. The molecule has 0 amide bonds. The molecule has 3 nitrogen and oxygen atoms in total. The predicted octanol–water partition coefficient (Wildman–Crippen LogP) is 3.40. The number of thiophene rings is 1. The Morgan fingerprint density at radius 2 is 2.05 bits per heavy atom. The van der Waals surface area contributed by atoms with Gasteiger partial charge in [-0.25, -0.2) is 5.43 Å². The molecular formula is C15H20N2OS. The van der Waals surface area contributed by atoms with Gasteiger partial charge in [0.1, 0.15) is 5.75 Å². The number of rotatable bonds is 6. The van der Waals surface area contributed by atoms with Gasteiger partial charge in [0.05, 0.1) is 12.6 Å². The first-order chi connectivity index (χ1) is 9.26. The molecule has 0 saturated carbocycles. The van der Waals surface area contributed by atoms with Crippen LogP contribution >= 0.6 is 11.3 Å². The highest BCUT2D eigenvalue weighted by Crippen LogP contribution is 2.33. The predicted molar refractivity (Wildman–Crippen MR) is 80.5 cm³/mol. The van der Waals surface area contributed by atoms with E-state index in [1.807, 2.05) is 18.2 Å². The van der Waals surface area contributed by atoms with Crippen molar-refractivity contribution in [3.63, 3.8) is 0 Å². The van der Waals surface area contributed by atoms with Gasteiger partial charge in [0, 0.05) is 15.3 Å². The molecule has 1 atom stereocenters. The van der Waals surface area contributed by atoms with Crippen molar-refractivity contribution in [3.05, 3.63) is 51.7 Å². The molecule has 0 aliphatic rings. The van der Waals surface area contributed by atoms with Crippen molar-refractivity contribution < 1.29 is 4.74 Å². The van der Waals surface area contributed by atoms with Crippen LogP contribution in [0.1, 0.15) is 34.7 Å². The maximum atomic E-state index is 5.81. The Morgan fingerprint density at radius 3 is 2.68 bits per heavy atom. The fourth-order valence-electron chi connectivity index (χ4n) is 2.00. The Kier molecular flexibility index (Phi) is 4.96. The minimum atomic E-state index is -0.0215. The molecule has 4 heteroatoms. The Hall–Kier alpha value is -1.36. The molecule has 0 aliphatic carbocycles. The molecule has 102 valence electrons. The van der Waals surface area contributed by atoms with E-state index in [0.717, 1.165) is 24.3 Å². The quantitative estimate of drug-likeness (QED) is 0.628. The zero-order valence-electron chi connectivity index (χ0n) is 11.3. The first-order valence-electron chi connectivity index (χ1n) is 6.50. The number of nitrogens with two attached hydrogens (primary N) is 1. The van der Waals surface area contributed by atoms with Crippen molar-refractivity contribution in [2.45, 2.75) is 26.3 Å². The van der Waals surface area contributed by atoms with Crippen LogP contribution in [-0.2, 0) is 0 Å². The molecule has 1 heterocycles. The molecule has 0 saturated heterocycles. The first kappa shape index (κ1) is 14.1. The van der Waals surface area contributed by atoms with Crippen LogP contribution in [0.3, 0.4) is 0 Å². The number of hydrogen-bond acceptors (Lipinski definition) is 4. The molecule has 2 rings (SSSR count). The highest BCUT2D eigenvalue weighted by Gasteiger charge is 2.18. The fraction of sp³-hybridized carbons (Fsp3) is 0.333. The Labute approximate surface area is 118 Å². The maximum Gasteiger partial charge on any atom is 0.124 e. The standard InChI is InChI=1S/C15H20N2OS/c1-3-10-18-13-7-5-4-6-12(13)15(17-16)14-9-8-11(2)19-14/h4-9,15,17H,3,10,16H2,1-2H3. The summed E-state index contributed by atoms with van der Waals surface area (Å²) >= 11 is 1.75. The summed E-state index contributed by atoms with van der Waals surface area (Å²) in [6, 6.07) is 12.3. The van der Waals surface area contributed by atoms with Gasteiger partial charge in [-0.2, -0.15) is 0 Å². The van der Waals surface area contributed by atoms with Crippen molar-refractivity contribution in [3.8, 4) is 5.75 Å². The second-order valence-electron chi connectivity index (χ2n) is 4.43. The van der Waals surface area contributed by atoms with E-state index in [2.05, 4.69) is 37.5 Å². The van der Waals surface area contributed by atoms with E-state index in [4.69, 9.17) is 10.6 Å². The van der Waals surface area contributed by atoms with Crippen molar-refractivity contribution >= 4 is 11.3 Å². The molecule has 19 heavy (non-hydrogen) atoms. The monoisotopic (exact) mass is 276 g/mol. The van der Waals surface area contributed by atoms with Crippen LogP contribution in [0.5, 0.6) is 5.75 Å². The molecule has 1 aromatic heterocycles. The van der Waals surface area contributed by atoms with E-state index >= 15 is 0 Å². The summed E-state index contributed by atoms with van der Waals surface area (Å²) in [6.07, 6.45) is 0.993. The van der Waals surface area contributed by atoms with Gasteiger partial charge in [-0.1, -0.05) is 25.1 Å². The van der Waals surface area contributed by atoms with E-state index in [1.54, 1.807) is 11.3 Å². The van der Waals surface area contributed by atoms with Crippen molar-refractivity contribution in [2.24, 2.45) is 5.84 Å². The number of hydrogen-bond donors (Lipinski definition) is 2. The average molecular weight is 276 g/mol. The third-order valence-electron chi connectivity index (χ3n) is 2.90. The van der Waals surface area contributed by atoms with Gasteiger partial charge in [-0.05, 0) is 31.5 Å². The Balaban J connectivity index is 2.32. The largest absolute Gasteiger partial charge is 0.493 e. The van der Waals surface area contributed by atoms with Crippen molar-refractivity contribution in [1.29, 1.82) is 0 Å². The summed E-state index contributed by atoms with van der Waals surface area (Å²) in [5, 5.41) is 0. The van der Waals surface area contributed by atoms with Crippen LogP contribution in [0.25, 0.3) is 0 Å². The minimum Gasteiger partial charge on any atom is -0.493 e. The van der Waals surface area contributed by atoms with Gasteiger partial charge >= 0.3 is 0 Å². The number of benzene rings is 1. The lowest BCUT2D eigenvalue weighted by Gasteiger charge is -2.18. The number of aryl methyl sites for hydroxylation is 1. The van der Waals surface area contributed by atoms with Crippen LogP contribution in [0.2, 0.25) is 0 Å². The Bertz CT molecular complexity index is 524.